The van der Waals surface area contributed by atoms with E-state index in [1.807, 2.05) is 13.8 Å². The molecule has 0 bridgehead atoms. The van der Waals surface area contributed by atoms with Crippen molar-refractivity contribution < 1.29 is 4.74 Å². The van der Waals surface area contributed by atoms with Crippen molar-refractivity contribution in [1.29, 1.82) is 0 Å². The topological polar surface area (TPSA) is 33.3 Å². The Labute approximate surface area is 86.6 Å². The van der Waals surface area contributed by atoms with Crippen LogP contribution in [0.4, 0.5) is 0 Å². The highest BCUT2D eigenvalue weighted by atomic mass is 16.5. The van der Waals surface area contributed by atoms with Crippen molar-refractivity contribution >= 4 is 0 Å². The summed E-state index contributed by atoms with van der Waals surface area (Å²) in [6.07, 6.45) is 1.01. The molecule has 2 unspecified atom stereocenters. The molecule has 14 heavy (non-hydrogen) atoms. The van der Waals surface area contributed by atoms with E-state index >= 15 is 0 Å². The standard InChI is InChI=1S/C11H20N2O/c1-4-5-6-10(3)14-11-8-12-9(2)7-13-11/h9-13H,4,7-8H2,1-3H3/t9?,10-,11?/m0/s1. The number of nitrogens with one attached hydrogen (secondary N) is 2. The number of ether oxygens (including phenoxy) is 1. The molecule has 1 heterocycles. The first-order valence-corrected chi connectivity index (χ1v) is 5.33. The Morgan fingerprint density at radius 2 is 2.21 bits per heavy atom. The molecular formula is C11H20N2O. The Bertz CT molecular complexity index is 211. The molecule has 0 amide bonds. The molecule has 3 atom stereocenters. The Hall–Kier alpha value is -0.560. The molecule has 1 saturated heterocycles. The molecule has 3 heteroatoms. The maximum atomic E-state index is 5.69. The van der Waals surface area contributed by atoms with E-state index in [-0.39, 0.29) is 12.3 Å². The Morgan fingerprint density at radius 1 is 1.43 bits per heavy atom. The van der Waals surface area contributed by atoms with Crippen LogP contribution in [-0.2, 0) is 4.74 Å². The summed E-state index contributed by atoms with van der Waals surface area (Å²) in [5, 5.41) is 6.68. The van der Waals surface area contributed by atoms with Gasteiger partial charge >= 0.3 is 0 Å². The minimum absolute atomic E-state index is 0.0163. The predicted molar refractivity (Wildman–Crippen MR) is 57.9 cm³/mol. The summed E-state index contributed by atoms with van der Waals surface area (Å²) in [7, 11) is 0. The van der Waals surface area contributed by atoms with Crippen molar-refractivity contribution in [3.05, 3.63) is 0 Å². The van der Waals surface area contributed by atoms with Gasteiger partial charge in [-0.15, -0.1) is 5.92 Å². The average molecular weight is 196 g/mol. The SMILES string of the molecule is CCC#C[C@H](C)OC1CNC(C)CN1. The van der Waals surface area contributed by atoms with Crippen molar-refractivity contribution in [3.8, 4) is 11.8 Å². The molecule has 0 saturated carbocycles. The van der Waals surface area contributed by atoms with Gasteiger partial charge in [0.05, 0.1) is 0 Å². The number of hydrogen-bond donors (Lipinski definition) is 2. The second-order valence-electron chi connectivity index (χ2n) is 3.66. The smallest absolute Gasteiger partial charge is 0.122 e. The third-order valence-electron chi connectivity index (χ3n) is 2.15. The zero-order chi connectivity index (χ0) is 10.4. The van der Waals surface area contributed by atoms with E-state index in [0.717, 1.165) is 19.5 Å². The quantitative estimate of drug-likeness (QED) is 0.638. The van der Waals surface area contributed by atoms with Crippen LogP contribution < -0.4 is 10.6 Å². The van der Waals surface area contributed by atoms with Gasteiger partial charge in [-0.2, -0.15) is 0 Å². The summed E-state index contributed by atoms with van der Waals surface area (Å²) >= 11 is 0. The normalized spacial score (nSPS) is 29.1. The molecule has 0 radical (unpaired) electrons. The third-order valence-corrected chi connectivity index (χ3v) is 2.15. The highest BCUT2D eigenvalue weighted by Gasteiger charge is 2.18. The summed E-state index contributed by atoms with van der Waals surface area (Å²) in [5.74, 6) is 6.07. The van der Waals surface area contributed by atoms with Crippen molar-refractivity contribution in [1.82, 2.24) is 10.6 Å². The van der Waals surface area contributed by atoms with E-state index in [4.69, 9.17) is 4.74 Å². The van der Waals surface area contributed by atoms with Crippen molar-refractivity contribution in [2.45, 2.75) is 45.6 Å². The van der Waals surface area contributed by atoms with E-state index in [1.54, 1.807) is 0 Å². The zero-order valence-corrected chi connectivity index (χ0v) is 9.26. The van der Waals surface area contributed by atoms with E-state index in [0.29, 0.717) is 6.04 Å². The number of rotatable bonds is 2. The second-order valence-corrected chi connectivity index (χ2v) is 3.66. The number of piperazine rings is 1. The van der Waals surface area contributed by atoms with Crippen LogP contribution in [0.3, 0.4) is 0 Å². The van der Waals surface area contributed by atoms with Gasteiger partial charge in [0.25, 0.3) is 0 Å². The zero-order valence-electron chi connectivity index (χ0n) is 9.26. The molecule has 0 aromatic heterocycles. The summed E-state index contributed by atoms with van der Waals surface area (Å²) in [4.78, 5) is 0. The molecular weight excluding hydrogens is 176 g/mol. The first-order chi connectivity index (χ1) is 6.72. The summed E-state index contributed by atoms with van der Waals surface area (Å²) < 4.78 is 5.69. The molecule has 0 spiro atoms. The molecule has 80 valence electrons. The number of hydrogen-bond acceptors (Lipinski definition) is 3. The lowest BCUT2D eigenvalue weighted by Gasteiger charge is -2.29. The maximum absolute atomic E-state index is 5.69. The summed E-state index contributed by atoms with van der Waals surface area (Å²) in [6, 6.07) is 0.534. The van der Waals surface area contributed by atoms with Gasteiger partial charge in [0.2, 0.25) is 0 Å². The molecule has 1 rings (SSSR count). The largest absolute Gasteiger partial charge is 0.346 e. The van der Waals surface area contributed by atoms with Crippen LogP contribution in [0, 0.1) is 11.8 Å². The Morgan fingerprint density at radius 3 is 2.79 bits per heavy atom. The predicted octanol–water partition coefficient (Wildman–Crippen LogP) is 0.712. The molecule has 1 aliphatic rings. The fraction of sp³-hybridized carbons (Fsp3) is 0.818. The van der Waals surface area contributed by atoms with Crippen LogP contribution >= 0.6 is 0 Å². The molecule has 1 aliphatic heterocycles. The van der Waals surface area contributed by atoms with Crippen LogP contribution in [0.25, 0.3) is 0 Å². The van der Waals surface area contributed by atoms with Crippen LogP contribution in [-0.4, -0.2) is 31.5 Å². The molecule has 0 aromatic carbocycles. The van der Waals surface area contributed by atoms with Gasteiger partial charge in [0.15, 0.2) is 0 Å². The first kappa shape index (κ1) is 11.5. The van der Waals surface area contributed by atoms with Crippen molar-refractivity contribution in [3.63, 3.8) is 0 Å². The van der Waals surface area contributed by atoms with E-state index in [2.05, 4.69) is 29.4 Å². The van der Waals surface area contributed by atoms with Crippen molar-refractivity contribution in [2.24, 2.45) is 0 Å². The summed E-state index contributed by atoms with van der Waals surface area (Å²) in [5.41, 5.74) is 0. The van der Waals surface area contributed by atoms with Gasteiger partial charge in [-0.3, -0.25) is 5.32 Å². The average Bonchev–Trinajstić information content (AvgIpc) is 2.18. The van der Waals surface area contributed by atoms with Gasteiger partial charge in [0.1, 0.15) is 12.3 Å². The van der Waals surface area contributed by atoms with Gasteiger partial charge in [-0.05, 0) is 13.8 Å². The van der Waals surface area contributed by atoms with Gasteiger partial charge < -0.3 is 10.1 Å². The lowest BCUT2D eigenvalue weighted by atomic mass is 10.2. The monoisotopic (exact) mass is 196 g/mol. The fourth-order valence-electron chi connectivity index (χ4n) is 1.38. The molecule has 0 aromatic rings. The molecule has 0 aliphatic carbocycles. The maximum Gasteiger partial charge on any atom is 0.122 e. The van der Waals surface area contributed by atoms with E-state index in [1.165, 1.54) is 0 Å². The highest BCUT2D eigenvalue weighted by Crippen LogP contribution is 1.99. The highest BCUT2D eigenvalue weighted by molar-refractivity contribution is 5.03. The van der Waals surface area contributed by atoms with Crippen LogP contribution in [0.15, 0.2) is 0 Å². The lowest BCUT2D eigenvalue weighted by molar-refractivity contribution is -0.00640. The summed E-state index contributed by atoms with van der Waals surface area (Å²) in [6.45, 7) is 8.01. The lowest BCUT2D eigenvalue weighted by Crippen LogP contribution is -2.54. The third kappa shape index (κ3) is 4.10. The minimum atomic E-state index is 0.0163. The Balaban J connectivity index is 2.23. The first-order valence-electron chi connectivity index (χ1n) is 5.33. The van der Waals surface area contributed by atoms with Crippen LogP contribution in [0.5, 0.6) is 0 Å². The molecule has 2 N–H and O–H groups in total. The van der Waals surface area contributed by atoms with Gasteiger partial charge in [-0.25, -0.2) is 0 Å². The molecule has 3 nitrogen and oxygen atoms in total. The minimum Gasteiger partial charge on any atom is -0.346 e. The van der Waals surface area contributed by atoms with Crippen LogP contribution in [0.1, 0.15) is 27.2 Å². The van der Waals surface area contributed by atoms with Gasteiger partial charge in [-0.1, -0.05) is 12.8 Å². The van der Waals surface area contributed by atoms with Crippen molar-refractivity contribution in [2.75, 3.05) is 13.1 Å². The second kappa shape index (κ2) is 6.02. The van der Waals surface area contributed by atoms with E-state index in [9.17, 15) is 0 Å². The van der Waals surface area contributed by atoms with E-state index < -0.39 is 0 Å². The van der Waals surface area contributed by atoms with Crippen LogP contribution in [0.2, 0.25) is 0 Å². The fourth-order valence-corrected chi connectivity index (χ4v) is 1.38. The Kier molecular flexibility index (Phi) is 4.95. The van der Waals surface area contributed by atoms with Gasteiger partial charge in [0, 0.05) is 25.6 Å². The molecule has 1 fully saturated rings.